The lowest BCUT2D eigenvalue weighted by Crippen LogP contribution is -2.42. The Hall–Kier alpha value is -3.29. The summed E-state index contributed by atoms with van der Waals surface area (Å²) in [5.74, 6) is 0.430. The summed E-state index contributed by atoms with van der Waals surface area (Å²) in [6.45, 7) is 10.7. The summed E-state index contributed by atoms with van der Waals surface area (Å²) in [5.41, 5.74) is 5.69. The van der Waals surface area contributed by atoms with Crippen LogP contribution < -0.4 is 26.6 Å². The van der Waals surface area contributed by atoms with Gasteiger partial charge in [-0.2, -0.15) is 0 Å². The van der Waals surface area contributed by atoms with Crippen molar-refractivity contribution in [2.45, 2.75) is 41.2 Å². The molecule has 0 radical (unpaired) electrons. The Kier molecular flexibility index (Phi) is 8.24. The minimum absolute atomic E-state index is 0.0123. The van der Waals surface area contributed by atoms with Gasteiger partial charge < -0.3 is 15.4 Å². The summed E-state index contributed by atoms with van der Waals surface area (Å²) in [5, 5.41) is 0. The molecule has 31 heavy (non-hydrogen) atoms. The van der Waals surface area contributed by atoms with E-state index < -0.39 is 17.2 Å². The highest BCUT2D eigenvalue weighted by Gasteiger charge is 2.24. The van der Waals surface area contributed by atoms with Crippen LogP contribution >= 0.6 is 0 Å². The molecule has 0 aliphatic rings. The Labute approximate surface area is 182 Å². The van der Waals surface area contributed by atoms with E-state index in [1.807, 2.05) is 58.9 Å². The van der Waals surface area contributed by atoms with Crippen molar-refractivity contribution in [3.05, 3.63) is 56.7 Å². The molecule has 3 N–H and O–H groups in total. The van der Waals surface area contributed by atoms with Crippen molar-refractivity contribution in [2.75, 3.05) is 23.8 Å². The first-order chi connectivity index (χ1) is 14.6. The van der Waals surface area contributed by atoms with E-state index >= 15 is 0 Å². The monoisotopic (exact) mass is 428 g/mol. The van der Waals surface area contributed by atoms with Crippen LogP contribution in [0.4, 0.5) is 11.5 Å². The van der Waals surface area contributed by atoms with Gasteiger partial charge in [0.25, 0.3) is 11.5 Å². The molecule has 1 amide bonds. The number of nitrogens with one attached hydrogen (secondary N) is 1. The third-order valence-electron chi connectivity index (χ3n) is 4.47. The zero-order valence-corrected chi connectivity index (χ0v) is 18.8. The van der Waals surface area contributed by atoms with Gasteiger partial charge in [-0.1, -0.05) is 45.9 Å². The summed E-state index contributed by atoms with van der Waals surface area (Å²) < 4.78 is 6.90. The lowest BCUT2D eigenvalue weighted by Gasteiger charge is -2.25. The van der Waals surface area contributed by atoms with Gasteiger partial charge in [0.2, 0.25) is 0 Å². The number of carbonyl (C=O) groups is 1. The van der Waals surface area contributed by atoms with E-state index in [0.29, 0.717) is 18.9 Å². The Morgan fingerprint density at radius 3 is 2.48 bits per heavy atom. The van der Waals surface area contributed by atoms with Crippen LogP contribution in [0, 0.1) is 11.8 Å². The predicted octanol–water partition coefficient (Wildman–Crippen LogP) is 2.88. The van der Waals surface area contributed by atoms with Gasteiger partial charge in [0, 0.05) is 24.7 Å². The highest BCUT2D eigenvalue weighted by Crippen LogP contribution is 2.22. The number of nitrogen functional groups attached to an aromatic ring is 1. The second-order valence-electron chi connectivity index (χ2n) is 8.14. The zero-order chi connectivity index (χ0) is 23.1. The van der Waals surface area contributed by atoms with Crippen molar-refractivity contribution in [3.8, 4) is 5.75 Å². The van der Waals surface area contributed by atoms with Gasteiger partial charge in [-0.25, -0.2) is 4.79 Å². The summed E-state index contributed by atoms with van der Waals surface area (Å²) in [4.78, 5) is 41.7. The van der Waals surface area contributed by atoms with Gasteiger partial charge in [-0.3, -0.25) is 19.1 Å². The SMILES string of the molecule is CCOc1ccccc1/C=C/C(=O)N(CC(C)C)c1c(N)n(CC(C)C)c(=O)[nH]c1=O. The van der Waals surface area contributed by atoms with Gasteiger partial charge in [-0.15, -0.1) is 0 Å². The van der Waals surface area contributed by atoms with Crippen molar-refractivity contribution >= 4 is 23.5 Å². The lowest BCUT2D eigenvalue weighted by atomic mass is 10.1. The molecule has 0 saturated heterocycles. The second kappa shape index (κ2) is 10.7. The number of anilines is 2. The molecule has 0 aliphatic heterocycles. The Morgan fingerprint density at radius 2 is 1.87 bits per heavy atom. The molecule has 1 heterocycles. The summed E-state index contributed by atoms with van der Waals surface area (Å²) in [6.07, 6.45) is 3.03. The van der Waals surface area contributed by atoms with Crippen LogP contribution in [0.5, 0.6) is 5.75 Å². The molecule has 0 unspecified atom stereocenters. The van der Waals surface area contributed by atoms with Crippen LogP contribution in [0.25, 0.3) is 6.08 Å². The van der Waals surface area contributed by atoms with Crippen LogP contribution in [-0.4, -0.2) is 28.6 Å². The van der Waals surface area contributed by atoms with Crippen molar-refractivity contribution in [2.24, 2.45) is 11.8 Å². The Bertz CT molecular complexity index is 1050. The van der Waals surface area contributed by atoms with Crippen molar-refractivity contribution in [1.82, 2.24) is 9.55 Å². The second-order valence-corrected chi connectivity index (χ2v) is 8.14. The first-order valence-electron chi connectivity index (χ1n) is 10.5. The zero-order valence-electron chi connectivity index (χ0n) is 18.8. The molecule has 0 fully saturated rings. The normalized spacial score (nSPS) is 11.5. The number of ether oxygens (including phenoxy) is 1. The van der Waals surface area contributed by atoms with E-state index in [9.17, 15) is 14.4 Å². The van der Waals surface area contributed by atoms with Crippen molar-refractivity contribution in [3.63, 3.8) is 0 Å². The number of hydrogen-bond donors (Lipinski definition) is 2. The molecule has 8 nitrogen and oxygen atoms in total. The number of para-hydroxylation sites is 1. The van der Waals surface area contributed by atoms with E-state index in [0.717, 1.165) is 5.56 Å². The summed E-state index contributed by atoms with van der Waals surface area (Å²) in [6, 6.07) is 7.37. The summed E-state index contributed by atoms with van der Waals surface area (Å²) in [7, 11) is 0. The van der Waals surface area contributed by atoms with Gasteiger partial charge in [0.05, 0.1) is 6.61 Å². The predicted molar refractivity (Wildman–Crippen MR) is 124 cm³/mol. The molecule has 2 aromatic rings. The van der Waals surface area contributed by atoms with E-state index in [2.05, 4.69) is 4.98 Å². The van der Waals surface area contributed by atoms with Crippen molar-refractivity contribution in [1.29, 1.82) is 0 Å². The Morgan fingerprint density at radius 1 is 1.19 bits per heavy atom. The van der Waals surface area contributed by atoms with Gasteiger partial charge >= 0.3 is 5.69 Å². The van der Waals surface area contributed by atoms with Crippen molar-refractivity contribution < 1.29 is 9.53 Å². The topological polar surface area (TPSA) is 110 Å². The summed E-state index contributed by atoms with van der Waals surface area (Å²) >= 11 is 0. The maximum absolute atomic E-state index is 13.1. The number of carbonyl (C=O) groups excluding carboxylic acids is 1. The quantitative estimate of drug-likeness (QED) is 0.597. The lowest BCUT2D eigenvalue weighted by molar-refractivity contribution is -0.114. The van der Waals surface area contributed by atoms with Crippen LogP contribution in [0.3, 0.4) is 0 Å². The maximum Gasteiger partial charge on any atom is 0.330 e. The number of rotatable bonds is 9. The molecule has 0 saturated carbocycles. The third kappa shape index (κ3) is 6.10. The first kappa shape index (κ1) is 24.0. The van der Waals surface area contributed by atoms with Crippen LogP contribution in [0.15, 0.2) is 39.9 Å². The van der Waals surface area contributed by atoms with E-state index in [1.54, 1.807) is 6.08 Å². The third-order valence-corrected chi connectivity index (χ3v) is 4.47. The van der Waals surface area contributed by atoms with Gasteiger partial charge in [0.1, 0.15) is 11.6 Å². The number of amides is 1. The molecule has 168 valence electrons. The molecular weight excluding hydrogens is 396 g/mol. The average molecular weight is 429 g/mol. The number of aromatic amines is 1. The Balaban J connectivity index is 2.51. The van der Waals surface area contributed by atoms with Crippen LogP contribution in [0.2, 0.25) is 0 Å². The molecule has 0 aliphatic carbocycles. The average Bonchev–Trinajstić information content (AvgIpc) is 2.69. The fraction of sp³-hybridized carbons (Fsp3) is 0.435. The number of H-pyrrole nitrogens is 1. The molecule has 0 spiro atoms. The van der Waals surface area contributed by atoms with E-state index in [1.165, 1.54) is 15.5 Å². The van der Waals surface area contributed by atoms with E-state index in [4.69, 9.17) is 10.5 Å². The van der Waals surface area contributed by atoms with E-state index in [-0.39, 0.29) is 29.9 Å². The molecule has 0 atom stereocenters. The van der Waals surface area contributed by atoms with Gasteiger partial charge in [0.15, 0.2) is 5.69 Å². The number of hydrogen-bond acceptors (Lipinski definition) is 5. The molecule has 2 rings (SSSR count). The van der Waals surface area contributed by atoms with Gasteiger partial charge in [-0.05, 0) is 30.9 Å². The standard InChI is InChI=1S/C23H32N4O4/c1-6-31-18-10-8-7-9-17(18)11-12-19(28)26(13-15(2)3)20-21(24)27(14-16(4)5)23(30)25-22(20)29/h7-12,15-16H,6,13-14,24H2,1-5H3,(H,25,29,30)/b12-11+. The number of benzene rings is 1. The highest BCUT2D eigenvalue weighted by atomic mass is 16.5. The van der Waals surface area contributed by atoms with Crippen LogP contribution in [-0.2, 0) is 11.3 Å². The minimum Gasteiger partial charge on any atom is -0.493 e. The highest BCUT2D eigenvalue weighted by molar-refractivity contribution is 6.05. The van der Waals surface area contributed by atoms with Crippen LogP contribution in [0.1, 0.15) is 40.2 Å². The molecule has 1 aromatic heterocycles. The first-order valence-corrected chi connectivity index (χ1v) is 10.5. The number of aromatic nitrogens is 2. The molecule has 1 aromatic carbocycles. The molecular formula is C23H32N4O4. The smallest absolute Gasteiger partial charge is 0.330 e. The largest absolute Gasteiger partial charge is 0.493 e. The molecule has 8 heteroatoms. The fourth-order valence-electron chi connectivity index (χ4n) is 3.20. The minimum atomic E-state index is -0.681. The number of nitrogens with two attached hydrogens (primary N) is 1. The maximum atomic E-state index is 13.1. The fourth-order valence-corrected chi connectivity index (χ4v) is 3.20. The molecule has 0 bridgehead atoms. The number of nitrogens with zero attached hydrogens (tertiary/aromatic N) is 2.